The first-order chi connectivity index (χ1) is 6.35. The van der Waals surface area contributed by atoms with E-state index in [4.69, 9.17) is 0 Å². The molecule has 0 heteroatoms. The fourth-order valence-electron chi connectivity index (χ4n) is 3.46. The molecule has 0 radical (unpaired) electrons. The molecule has 2 aliphatic rings. The molecule has 2 rings (SSSR count). The van der Waals surface area contributed by atoms with E-state index in [1.807, 2.05) is 0 Å². The van der Waals surface area contributed by atoms with Crippen molar-refractivity contribution in [2.24, 2.45) is 23.7 Å². The van der Waals surface area contributed by atoms with Crippen LogP contribution in [-0.4, -0.2) is 0 Å². The Labute approximate surface area is 82.4 Å². The predicted molar refractivity (Wildman–Crippen MR) is 57.5 cm³/mol. The van der Waals surface area contributed by atoms with E-state index >= 15 is 0 Å². The third-order valence-electron chi connectivity index (χ3n) is 4.12. The van der Waals surface area contributed by atoms with Crippen molar-refractivity contribution in [1.82, 2.24) is 0 Å². The number of rotatable bonds is 4. The van der Waals surface area contributed by atoms with Gasteiger partial charge in [-0.15, -0.1) is 0 Å². The van der Waals surface area contributed by atoms with Gasteiger partial charge in [0.25, 0.3) is 0 Å². The lowest BCUT2D eigenvalue weighted by molar-refractivity contribution is 0.262. The second-order valence-corrected chi connectivity index (χ2v) is 4.90. The molecule has 0 spiro atoms. The van der Waals surface area contributed by atoms with Gasteiger partial charge in [0.2, 0.25) is 0 Å². The van der Waals surface area contributed by atoms with E-state index in [1.165, 1.54) is 32.1 Å². The summed E-state index contributed by atoms with van der Waals surface area (Å²) in [7, 11) is 0. The maximum Gasteiger partial charge on any atom is -0.0197 e. The molecule has 1 fully saturated rings. The highest BCUT2D eigenvalue weighted by atomic mass is 14.4. The van der Waals surface area contributed by atoms with Gasteiger partial charge < -0.3 is 0 Å². The van der Waals surface area contributed by atoms with Crippen LogP contribution in [0.4, 0.5) is 0 Å². The van der Waals surface area contributed by atoms with Crippen LogP contribution in [0.25, 0.3) is 0 Å². The number of allylic oxidation sites excluding steroid dienone is 2. The van der Waals surface area contributed by atoms with Crippen LogP contribution in [0, 0.1) is 23.7 Å². The Morgan fingerprint density at radius 3 is 2.54 bits per heavy atom. The van der Waals surface area contributed by atoms with Crippen LogP contribution in [-0.2, 0) is 0 Å². The largest absolute Gasteiger partial charge is 0.0851 e. The number of hydrogen-bond donors (Lipinski definition) is 0. The molecule has 0 heterocycles. The normalized spacial score (nSPS) is 38.5. The minimum atomic E-state index is 0.959. The van der Waals surface area contributed by atoms with Crippen LogP contribution >= 0.6 is 0 Å². The smallest absolute Gasteiger partial charge is 0.0197 e. The van der Waals surface area contributed by atoms with Crippen molar-refractivity contribution in [3.63, 3.8) is 0 Å². The van der Waals surface area contributed by atoms with Crippen molar-refractivity contribution < 1.29 is 0 Å². The second-order valence-electron chi connectivity index (χ2n) is 4.90. The molecular formula is C13H22. The van der Waals surface area contributed by atoms with Gasteiger partial charge in [-0.2, -0.15) is 0 Å². The Bertz CT molecular complexity index is 192. The van der Waals surface area contributed by atoms with Crippen LogP contribution in [0.15, 0.2) is 12.2 Å². The molecule has 4 atom stereocenters. The molecule has 2 bridgehead atoms. The van der Waals surface area contributed by atoms with E-state index in [9.17, 15) is 0 Å². The summed E-state index contributed by atoms with van der Waals surface area (Å²) in [4.78, 5) is 0. The maximum absolute atomic E-state index is 2.50. The standard InChI is InChI=1S/C13H22/c1-3-5-11(4-2)13-9-10-6-7-12(13)8-10/h6-7,10-13H,3-5,8-9H2,1-2H3. The Kier molecular flexibility index (Phi) is 2.76. The Morgan fingerprint density at radius 2 is 2.08 bits per heavy atom. The molecule has 1 saturated carbocycles. The van der Waals surface area contributed by atoms with Crippen LogP contribution in [0.3, 0.4) is 0 Å². The average molecular weight is 178 g/mol. The molecule has 0 amide bonds. The third-order valence-corrected chi connectivity index (χ3v) is 4.12. The summed E-state index contributed by atoms with van der Waals surface area (Å²) < 4.78 is 0. The highest BCUT2D eigenvalue weighted by Gasteiger charge is 2.38. The fraction of sp³-hybridized carbons (Fsp3) is 0.846. The van der Waals surface area contributed by atoms with Gasteiger partial charge in [-0.1, -0.05) is 45.3 Å². The summed E-state index contributed by atoms with van der Waals surface area (Å²) in [5.41, 5.74) is 0. The molecule has 0 aliphatic heterocycles. The zero-order valence-corrected chi connectivity index (χ0v) is 9.00. The lowest BCUT2D eigenvalue weighted by atomic mass is 9.78. The van der Waals surface area contributed by atoms with Crippen molar-refractivity contribution in [3.8, 4) is 0 Å². The van der Waals surface area contributed by atoms with E-state index in [0.717, 1.165) is 23.7 Å². The monoisotopic (exact) mass is 178 g/mol. The molecule has 0 aromatic carbocycles. The van der Waals surface area contributed by atoms with Crippen LogP contribution < -0.4 is 0 Å². The first-order valence-electron chi connectivity index (χ1n) is 6.03. The Morgan fingerprint density at radius 1 is 1.23 bits per heavy atom. The van der Waals surface area contributed by atoms with Crippen LogP contribution in [0.1, 0.15) is 46.0 Å². The minimum absolute atomic E-state index is 0.959. The average Bonchev–Trinajstić information content (AvgIpc) is 2.74. The van der Waals surface area contributed by atoms with E-state index in [0.29, 0.717) is 0 Å². The van der Waals surface area contributed by atoms with Crippen molar-refractivity contribution in [2.75, 3.05) is 0 Å². The van der Waals surface area contributed by atoms with Gasteiger partial charge in [0.15, 0.2) is 0 Å². The lowest BCUT2D eigenvalue weighted by Crippen LogP contribution is -2.18. The van der Waals surface area contributed by atoms with Gasteiger partial charge in [0.05, 0.1) is 0 Å². The molecule has 0 N–H and O–H groups in total. The second kappa shape index (κ2) is 3.86. The molecule has 13 heavy (non-hydrogen) atoms. The van der Waals surface area contributed by atoms with Crippen molar-refractivity contribution in [1.29, 1.82) is 0 Å². The summed E-state index contributed by atoms with van der Waals surface area (Å²) in [5.74, 6) is 3.98. The van der Waals surface area contributed by atoms with E-state index in [1.54, 1.807) is 0 Å². The first-order valence-corrected chi connectivity index (χ1v) is 6.03. The van der Waals surface area contributed by atoms with Crippen molar-refractivity contribution in [2.45, 2.75) is 46.0 Å². The van der Waals surface area contributed by atoms with Crippen molar-refractivity contribution >= 4 is 0 Å². The van der Waals surface area contributed by atoms with Gasteiger partial charge in [-0.05, 0) is 36.5 Å². The maximum atomic E-state index is 2.50. The van der Waals surface area contributed by atoms with Crippen LogP contribution in [0.2, 0.25) is 0 Å². The number of fused-ring (bicyclic) bond motifs is 2. The van der Waals surface area contributed by atoms with E-state index < -0.39 is 0 Å². The minimum Gasteiger partial charge on any atom is -0.0851 e. The summed E-state index contributed by atoms with van der Waals surface area (Å²) in [6, 6.07) is 0. The summed E-state index contributed by atoms with van der Waals surface area (Å²) in [5, 5.41) is 0. The van der Waals surface area contributed by atoms with E-state index in [-0.39, 0.29) is 0 Å². The highest BCUT2D eigenvalue weighted by Crippen LogP contribution is 2.48. The third kappa shape index (κ3) is 1.68. The summed E-state index contributed by atoms with van der Waals surface area (Å²) in [6.45, 7) is 4.70. The molecule has 0 aromatic heterocycles. The van der Waals surface area contributed by atoms with Crippen molar-refractivity contribution in [3.05, 3.63) is 12.2 Å². The zero-order valence-electron chi connectivity index (χ0n) is 9.00. The SMILES string of the molecule is CCCC(CC)C1CC2C=CC1C2. The molecule has 0 aromatic rings. The van der Waals surface area contributed by atoms with Gasteiger partial charge in [0.1, 0.15) is 0 Å². The van der Waals surface area contributed by atoms with Gasteiger partial charge in [0, 0.05) is 0 Å². The summed E-state index contributed by atoms with van der Waals surface area (Å²) >= 11 is 0. The molecule has 0 saturated heterocycles. The first kappa shape index (κ1) is 9.30. The zero-order chi connectivity index (χ0) is 9.26. The molecule has 74 valence electrons. The van der Waals surface area contributed by atoms with Gasteiger partial charge in [-0.25, -0.2) is 0 Å². The van der Waals surface area contributed by atoms with Gasteiger partial charge in [-0.3, -0.25) is 0 Å². The molecule has 2 aliphatic carbocycles. The highest BCUT2D eigenvalue weighted by molar-refractivity contribution is 5.10. The Balaban J connectivity index is 1.96. The summed E-state index contributed by atoms with van der Waals surface area (Å²) in [6.07, 6.45) is 12.2. The quantitative estimate of drug-likeness (QED) is 0.570. The van der Waals surface area contributed by atoms with Crippen LogP contribution in [0.5, 0.6) is 0 Å². The molecule has 4 unspecified atom stereocenters. The van der Waals surface area contributed by atoms with Gasteiger partial charge >= 0.3 is 0 Å². The lowest BCUT2D eigenvalue weighted by Gasteiger charge is -2.27. The predicted octanol–water partition coefficient (Wildman–Crippen LogP) is 4.02. The number of hydrogen-bond acceptors (Lipinski definition) is 0. The molecular weight excluding hydrogens is 156 g/mol. The molecule has 0 nitrogen and oxygen atoms in total. The van der Waals surface area contributed by atoms with E-state index in [2.05, 4.69) is 26.0 Å². The Hall–Kier alpha value is -0.260. The topological polar surface area (TPSA) is 0 Å². The fourth-order valence-corrected chi connectivity index (χ4v) is 3.46.